The van der Waals surface area contributed by atoms with E-state index in [1.807, 2.05) is 24.2 Å². The molecule has 2 aromatic heterocycles. The van der Waals surface area contributed by atoms with Crippen molar-refractivity contribution >= 4 is 5.91 Å². The van der Waals surface area contributed by atoms with Crippen LogP contribution in [0.25, 0.3) is 0 Å². The molecule has 1 amide bonds. The molecule has 6 heteroatoms. The van der Waals surface area contributed by atoms with E-state index in [1.165, 1.54) is 0 Å². The van der Waals surface area contributed by atoms with Crippen molar-refractivity contribution in [3.63, 3.8) is 0 Å². The molecule has 0 aromatic carbocycles. The monoisotopic (exact) mass is 315 g/mol. The Kier molecular flexibility index (Phi) is 4.50. The third-order valence-corrected chi connectivity index (χ3v) is 4.59. The molecule has 1 atom stereocenters. The third kappa shape index (κ3) is 3.02. The number of H-pyrrole nitrogens is 1. The number of nitrogens with one attached hydrogen (secondary N) is 1. The molecule has 0 unspecified atom stereocenters. The number of likely N-dealkylation sites (tertiary alicyclic amines) is 1. The Morgan fingerprint density at radius 3 is 3.04 bits per heavy atom. The van der Waals surface area contributed by atoms with E-state index in [0.717, 1.165) is 43.9 Å². The minimum atomic E-state index is 0.0894. The lowest BCUT2D eigenvalue weighted by atomic mass is 10.0. The molecule has 0 radical (unpaired) electrons. The van der Waals surface area contributed by atoms with E-state index in [9.17, 15) is 4.79 Å². The second kappa shape index (κ2) is 6.56. The first-order chi connectivity index (χ1) is 11.1. The largest absolute Gasteiger partial charge is 0.336 e. The normalized spacial score (nSPS) is 18.6. The third-order valence-electron chi connectivity index (χ3n) is 4.59. The number of nitrogens with zero attached hydrogens (tertiary/aromatic N) is 4. The summed E-state index contributed by atoms with van der Waals surface area (Å²) in [7, 11) is 0. The molecule has 1 saturated heterocycles. The smallest absolute Gasteiger partial charge is 0.257 e. The van der Waals surface area contributed by atoms with Crippen molar-refractivity contribution in [1.29, 1.82) is 0 Å². The summed E-state index contributed by atoms with van der Waals surface area (Å²) in [6.07, 6.45) is 8.46. The van der Waals surface area contributed by atoms with Gasteiger partial charge >= 0.3 is 0 Å². The standard InChI is InChI=1S/C17H25N5O/c1-4-15-14(10-19-20-15)17(23)21-8-5-6-13(11-21)22-9-7-18-16(22)12(2)3/h7,9-10,12-13H,4-6,8,11H2,1-3H3,(H,19,20)/t13-/m0/s1. The molecule has 3 rings (SSSR count). The Bertz CT molecular complexity index is 672. The van der Waals surface area contributed by atoms with Crippen molar-refractivity contribution in [3.8, 4) is 0 Å². The van der Waals surface area contributed by atoms with Crippen molar-refractivity contribution in [2.75, 3.05) is 13.1 Å². The first-order valence-corrected chi connectivity index (χ1v) is 8.46. The fourth-order valence-electron chi connectivity index (χ4n) is 3.38. The van der Waals surface area contributed by atoms with Crippen LogP contribution in [-0.2, 0) is 6.42 Å². The highest BCUT2D eigenvalue weighted by molar-refractivity contribution is 5.95. The summed E-state index contributed by atoms with van der Waals surface area (Å²) < 4.78 is 2.25. The fourth-order valence-corrected chi connectivity index (χ4v) is 3.38. The Morgan fingerprint density at radius 1 is 1.48 bits per heavy atom. The van der Waals surface area contributed by atoms with Gasteiger partial charge in [-0.2, -0.15) is 5.10 Å². The number of aromatic nitrogens is 4. The number of aromatic amines is 1. The van der Waals surface area contributed by atoms with Gasteiger partial charge in [0, 0.05) is 37.1 Å². The minimum Gasteiger partial charge on any atom is -0.336 e. The van der Waals surface area contributed by atoms with E-state index in [-0.39, 0.29) is 5.91 Å². The highest BCUT2D eigenvalue weighted by atomic mass is 16.2. The number of carbonyl (C=O) groups excluding carboxylic acids is 1. The minimum absolute atomic E-state index is 0.0894. The number of hydrogen-bond donors (Lipinski definition) is 1. The van der Waals surface area contributed by atoms with Gasteiger partial charge in [0.05, 0.1) is 17.8 Å². The molecule has 1 fully saturated rings. The van der Waals surface area contributed by atoms with Gasteiger partial charge in [-0.05, 0) is 19.3 Å². The highest BCUT2D eigenvalue weighted by Gasteiger charge is 2.28. The Balaban J connectivity index is 1.78. The Labute approximate surface area is 136 Å². The lowest BCUT2D eigenvalue weighted by molar-refractivity contribution is 0.0676. The maximum Gasteiger partial charge on any atom is 0.257 e. The molecule has 1 N–H and O–H groups in total. The molecule has 0 aliphatic carbocycles. The second-order valence-electron chi connectivity index (χ2n) is 6.51. The van der Waals surface area contributed by atoms with E-state index in [4.69, 9.17) is 0 Å². The number of rotatable bonds is 4. The molecule has 124 valence electrons. The lowest BCUT2D eigenvalue weighted by Crippen LogP contribution is -2.41. The number of hydrogen-bond acceptors (Lipinski definition) is 3. The molecule has 23 heavy (non-hydrogen) atoms. The molecule has 0 bridgehead atoms. The molecule has 1 aliphatic rings. The van der Waals surface area contributed by atoms with Crippen LogP contribution in [0.1, 0.15) is 67.4 Å². The number of carbonyl (C=O) groups is 1. The number of imidazole rings is 1. The van der Waals surface area contributed by atoms with Crippen molar-refractivity contribution in [3.05, 3.63) is 35.7 Å². The van der Waals surface area contributed by atoms with Crippen LogP contribution in [0.15, 0.2) is 18.6 Å². The zero-order valence-electron chi connectivity index (χ0n) is 14.1. The predicted octanol–water partition coefficient (Wildman–Crippen LogP) is 2.77. The first kappa shape index (κ1) is 15.8. The number of piperidine rings is 1. The highest BCUT2D eigenvalue weighted by Crippen LogP contribution is 2.26. The van der Waals surface area contributed by atoms with Crippen molar-refractivity contribution in [2.24, 2.45) is 0 Å². The Morgan fingerprint density at radius 2 is 2.30 bits per heavy atom. The molecule has 1 aliphatic heterocycles. The summed E-state index contributed by atoms with van der Waals surface area (Å²) in [6.45, 7) is 7.90. The summed E-state index contributed by atoms with van der Waals surface area (Å²) >= 11 is 0. The SMILES string of the molecule is CCc1[nH]ncc1C(=O)N1CCC[C@H](n2ccnc2C(C)C)C1. The van der Waals surface area contributed by atoms with Gasteiger partial charge in [0.15, 0.2) is 0 Å². The molecular formula is C17H25N5O. The van der Waals surface area contributed by atoms with Crippen molar-refractivity contribution in [2.45, 2.75) is 52.0 Å². The summed E-state index contributed by atoms with van der Waals surface area (Å²) in [5, 5.41) is 6.95. The van der Waals surface area contributed by atoms with Crippen LogP contribution in [-0.4, -0.2) is 43.6 Å². The van der Waals surface area contributed by atoms with Gasteiger partial charge in [0.25, 0.3) is 5.91 Å². The average Bonchev–Trinajstić information content (AvgIpc) is 3.23. The first-order valence-electron chi connectivity index (χ1n) is 8.46. The van der Waals surface area contributed by atoms with Crippen LogP contribution < -0.4 is 0 Å². The maximum absolute atomic E-state index is 12.8. The van der Waals surface area contributed by atoms with E-state index in [1.54, 1.807) is 6.20 Å². The molecule has 6 nitrogen and oxygen atoms in total. The van der Waals surface area contributed by atoms with Crippen LogP contribution in [0.3, 0.4) is 0 Å². The van der Waals surface area contributed by atoms with E-state index < -0.39 is 0 Å². The maximum atomic E-state index is 12.8. The van der Waals surface area contributed by atoms with Gasteiger partial charge in [-0.1, -0.05) is 20.8 Å². The second-order valence-corrected chi connectivity index (χ2v) is 6.51. The zero-order valence-corrected chi connectivity index (χ0v) is 14.1. The van der Waals surface area contributed by atoms with Crippen LogP contribution in [0.5, 0.6) is 0 Å². The fraction of sp³-hybridized carbons (Fsp3) is 0.588. The van der Waals surface area contributed by atoms with Crippen molar-refractivity contribution < 1.29 is 4.79 Å². The van der Waals surface area contributed by atoms with E-state index in [2.05, 4.69) is 33.6 Å². The van der Waals surface area contributed by atoms with Crippen LogP contribution in [0, 0.1) is 0 Å². The van der Waals surface area contributed by atoms with Gasteiger partial charge in [-0.25, -0.2) is 4.98 Å². The summed E-state index contributed by atoms with van der Waals surface area (Å²) in [6, 6.07) is 0.310. The number of amides is 1. The van der Waals surface area contributed by atoms with Gasteiger partial charge in [0.2, 0.25) is 0 Å². The average molecular weight is 315 g/mol. The van der Waals surface area contributed by atoms with Gasteiger partial charge in [-0.3, -0.25) is 9.89 Å². The Hall–Kier alpha value is -2.11. The zero-order chi connectivity index (χ0) is 16.4. The summed E-state index contributed by atoms with van der Waals surface area (Å²) in [5.41, 5.74) is 1.63. The molecular weight excluding hydrogens is 290 g/mol. The van der Waals surface area contributed by atoms with Crippen LogP contribution in [0.4, 0.5) is 0 Å². The molecule has 0 spiro atoms. The quantitative estimate of drug-likeness (QED) is 0.943. The van der Waals surface area contributed by atoms with Crippen molar-refractivity contribution in [1.82, 2.24) is 24.6 Å². The van der Waals surface area contributed by atoms with Crippen LogP contribution in [0.2, 0.25) is 0 Å². The van der Waals surface area contributed by atoms with Gasteiger partial charge < -0.3 is 9.47 Å². The predicted molar refractivity (Wildman–Crippen MR) is 88.5 cm³/mol. The van der Waals surface area contributed by atoms with Gasteiger partial charge in [0.1, 0.15) is 5.82 Å². The van der Waals surface area contributed by atoms with E-state index in [0.29, 0.717) is 17.5 Å². The summed E-state index contributed by atoms with van der Waals surface area (Å²) in [5.74, 6) is 1.57. The summed E-state index contributed by atoms with van der Waals surface area (Å²) in [4.78, 5) is 19.3. The molecule has 3 heterocycles. The van der Waals surface area contributed by atoms with Crippen LogP contribution >= 0.6 is 0 Å². The van der Waals surface area contributed by atoms with E-state index >= 15 is 0 Å². The molecule has 2 aromatic rings. The lowest BCUT2D eigenvalue weighted by Gasteiger charge is -2.34. The number of aryl methyl sites for hydroxylation is 1. The molecule has 0 saturated carbocycles. The van der Waals surface area contributed by atoms with Gasteiger partial charge in [-0.15, -0.1) is 0 Å². The topological polar surface area (TPSA) is 66.8 Å².